The second-order valence-electron chi connectivity index (χ2n) is 4.34. The first-order valence-corrected chi connectivity index (χ1v) is 8.24. The van der Waals surface area contributed by atoms with Crippen LogP contribution in [-0.2, 0) is 14.8 Å². The third kappa shape index (κ3) is 14.0. The summed E-state index contributed by atoms with van der Waals surface area (Å²) in [7, 11) is -3.43. The summed E-state index contributed by atoms with van der Waals surface area (Å²) < 4.78 is 64.7. The maximum atomic E-state index is 11.7. The van der Waals surface area contributed by atoms with E-state index < -0.39 is 22.8 Å². The van der Waals surface area contributed by atoms with E-state index in [-0.39, 0.29) is 18.9 Å². The second-order valence-corrected chi connectivity index (χ2v) is 6.26. The van der Waals surface area contributed by atoms with Crippen LogP contribution < -0.4 is 10.0 Å². The first kappa shape index (κ1) is 19.6. The molecule has 0 fully saturated rings. The number of halogens is 3. The average Bonchev–Trinajstić information content (AvgIpc) is 2.31. The summed E-state index contributed by atoms with van der Waals surface area (Å²) in [6.45, 7) is 1.91. The van der Waals surface area contributed by atoms with Crippen molar-refractivity contribution < 1.29 is 26.3 Å². The first-order valence-electron chi connectivity index (χ1n) is 6.59. The molecule has 0 aliphatic rings. The molecule has 0 radical (unpaired) electrons. The molecule has 0 atom stereocenters. The van der Waals surface area contributed by atoms with E-state index in [2.05, 4.69) is 14.8 Å². The van der Waals surface area contributed by atoms with E-state index in [0.29, 0.717) is 6.42 Å². The Morgan fingerprint density at radius 1 is 1.10 bits per heavy atom. The van der Waals surface area contributed by atoms with Gasteiger partial charge in [0.1, 0.15) is 6.61 Å². The van der Waals surface area contributed by atoms with Crippen LogP contribution in [0.1, 0.15) is 26.2 Å². The molecule has 0 aromatic heterocycles. The highest BCUT2D eigenvalue weighted by atomic mass is 32.2. The third-order valence-corrected chi connectivity index (χ3v) is 3.75. The molecule has 0 rings (SSSR count). The van der Waals surface area contributed by atoms with E-state index in [1.54, 1.807) is 0 Å². The minimum absolute atomic E-state index is 0.0277. The molecule has 0 unspecified atom stereocenters. The van der Waals surface area contributed by atoms with Crippen molar-refractivity contribution in [1.82, 2.24) is 10.0 Å². The minimum Gasteiger partial charge on any atom is -0.371 e. The van der Waals surface area contributed by atoms with Crippen LogP contribution in [0.5, 0.6) is 0 Å². The fraction of sp³-hybridized carbons (Fsp3) is 1.00. The zero-order valence-corrected chi connectivity index (χ0v) is 12.4. The highest BCUT2D eigenvalue weighted by molar-refractivity contribution is 7.89. The summed E-state index contributed by atoms with van der Waals surface area (Å²) in [5.41, 5.74) is 0. The largest absolute Gasteiger partial charge is 0.411 e. The van der Waals surface area contributed by atoms with Gasteiger partial charge in [0, 0.05) is 6.54 Å². The Hall–Kier alpha value is -0.380. The van der Waals surface area contributed by atoms with Gasteiger partial charge in [-0.15, -0.1) is 0 Å². The lowest BCUT2D eigenvalue weighted by atomic mass is 10.3. The van der Waals surface area contributed by atoms with E-state index in [1.807, 2.05) is 6.92 Å². The van der Waals surface area contributed by atoms with Crippen molar-refractivity contribution in [3.8, 4) is 0 Å². The summed E-state index contributed by atoms with van der Waals surface area (Å²) in [6.07, 6.45) is -2.11. The molecule has 0 saturated carbocycles. The number of hydrogen-bond acceptors (Lipinski definition) is 4. The van der Waals surface area contributed by atoms with Crippen LogP contribution >= 0.6 is 0 Å². The highest BCUT2D eigenvalue weighted by Crippen LogP contribution is 2.13. The molecule has 2 N–H and O–H groups in total. The molecule has 0 amide bonds. The van der Waals surface area contributed by atoms with Gasteiger partial charge in [0.2, 0.25) is 10.0 Å². The summed E-state index contributed by atoms with van der Waals surface area (Å²) in [6, 6.07) is 0. The maximum absolute atomic E-state index is 11.7. The SMILES string of the molecule is CCCNCCCCS(=O)(=O)NCCOCC(F)(F)F. The predicted octanol–water partition coefficient (Wildman–Crippen LogP) is 1.26. The number of nitrogens with one attached hydrogen (secondary N) is 2. The van der Waals surface area contributed by atoms with E-state index in [1.165, 1.54) is 0 Å². The molecule has 0 bridgehead atoms. The Labute approximate surface area is 118 Å². The Kier molecular flexibility index (Phi) is 10.2. The Balaban J connectivity index is 3.55. The predicted molar refractivity (Wildman–Crippen MR) is 71.1 cm³/mol. The van der Waals surface area contributed by atoms with Crippen LogP contribution in [0.25, 0.3) is 0 Å². The third-order valence-electron chi connectivity index (χ3n) is 2.28. The minimum atomic E-state index is -4.38. The maximum Gasteiger partial charge on any atom is 0.411 e. The standard InChI is InChI=1S/C11H23F3N2O3S/c1-2-5-15-6-3-4-9-20(17,18)16-7-8-19-10-11(12,13)14/h15-16H,2-10H2,1H3. The molecule has 0 aromatic rings. The molecule has 5 nitrogen and oxygen atoms in total. The second kappa shape index (κ2) is 10.4. The quantitative estimate of drug-likeness (QED) is 0.531. The molecule has 0 heterocycles. The topological polar surface area (TPSA) is 67.4 Å². The van der Waals surface area contributed by atoms with Crippen molar-refractivity contribution in [1.29, 1.82) is 0 Å². The van der Waals surface area contributed by atoms with Gasteiger partial charge in [0.05, 0.1) is 12.4 Å². The highest BCUT2D eigenvalue weighted by Gasteiger charge is 2.27. The van der Waals surface area contributed by atoms with Crippen molar-refractivity contribution in [2.24, 2.45) is 0 Å². The molecular weight excluding hydrogens is 297 g/mol. The Morgan fingerprint density at radius 2 is 1.80 bits per heavy atom. The molecular formula is C11H23F3N2O3S. The molecule has 122 valence electrons. The number of rotatable bonds is 12. The van der Waals surface area contributed by atoms with Crippen LogP contribution in [0, 0.1) is 0 Å². The van der Waals surface area contributed by atoms with Gasteiger partial charge < -0.3 is 10.1 Å². The molecule has 0 aliphatic carbocycles. The van der Waals surface area contributed by atoms with Gasteiger partial charge in [-0.1, -0.05) is 6.92 Å². The van der Waals surface area contributed by atoms with Gasteiger partial charge in [-0.2, -0.15) is 13.2 Å². The smallest absolute Gasteiger partial charge is 0.371 e. The number of alkyl halides is 3. The van der Waals surface area contributed by atoms with Crippen molar-refractivity contribution in [3.05, 3.63) is 0 Å². The summed E-state index contributed by atoms with van der Waals surface area (Å²) in [5, 5.41) is 3.15. The van der Waals surface area contributed by atoms with Gasteiger partial charge in [-0.05, 0) is 32.4 Å². The molecule has 9 heteroatoms. The normalized spacial score (nSPS) is 12.8. The van der Waals surface area contributed by atoms with Crippen LogP contribution in [-0.4, -0.2) is 53.2 Å². The lowest BCUT2D eigenvalue weighted by molar-refractivity contribution is -0.173. The van der Waals surface area contributed by atoms with Gasteiger partial charge in [-0.25, -0.2) is 13.1 Å². The van der Waals surface area contributed by atoms with Crippen LogP contribution in [0.3, 0.4) is 0 Å². The van der Waals surface area contributed by atoms with Gasteiger partial charge in [-0.3, -0.25) is 0 Å². The van der Waals surface area contributed by atoms with Crippen molar-refractivity contribution >= 4 is 10.0 Å². The summed E-state index contributed by atoms with van der Waals surface area (Å²) in [4.78, 5) is 0. The van der Waals surface area contributed by atoms with E-state index in [9.17, 15) is 21.6 Å². The van der Waals surface area contributed by atoms with Crippen LogP contribution in [0.4, 0.5) is 13.2 Å². The van der Waals surface area contributed by atoms with Crippen molar-refractivity contribution in [2.45, 2.75) is 32.4 Å². The zero-order chi connectivity index (χ0) is 15.5. The molecule has 20 heavy (non-hydrogen) atoms. The Bertz CT molecular complexity index is 334. The van der Waals surface area contributed by atoms with Gasteiger partial charge >= 0.3 is 6.18 Å². The molecule has 0 saturated heterocycles. The number of unbranched alkanes of at least 4 members (excludes halogenated alkanes) is 1. The lowest BCUT2D eigenvalue weighted by Crippen LogP contribution is -2.31. The molecule has 0 aliphatic heterocycles. The van der Waals surface area contributed by atoms with Crippen LogP contribution in [0.15, 0.2) is 0 Å². The monoisotopic (exact) mass is 320 g/mol. The van der Waals surface area contributed by atoms with Crippen LogP contribution in [0.2, 0.25) is 0 Å². The van der Waals surface area contributed by atoms with E-state index in [0.717, 1.165) is 25.9 Å². The van der Waals surface area contributed by atoms with Crippen molar-refractivity contribution in [3.63, 3.8) is 0 Å². The fourth-order valence-corrected chi connectivity index (χ4v) is 2.50. The van der Waals surface area contributed by atoms with Gasteiger partial charge in [0.15, 0.2) is 0 Å². The van der Waals surface area contributed by atoms with E-state index >= 15 is 0 Å². The fourth-order valence-electron chi connectivity index (χ4n) is 1.37. The van der Waals surface area contributed by atoms with Gasteiger partial charge in [0.25, 0.3) is 0 Å². The number of hydrogen-bond donors (Lipinski definition) is 2. The Morgan fingerprint density at radius 3 is 2.40 bits per heavy atom. The lowest BCUT2D eigenvalue weighted by Gasteiger charge is -2.09. The average molecular weight is 320 g/mol. The molecule has 0 spiro atoms. The number of ether oxygens (including phenoxy) is 1. The zero-order valence-electron chi connectivity index (χ0n) is 11.6. The van der Waals surface area contributed by atoms with Crippen molar-refractivity contribution in [2.75, 3.05) is 38.6 Å². The van der Waals surface area contributed by atoms with E-state index in [4.69, 9.17) is 0 Å². The number of sulfonamides is 1. The molecule has 0 aromatic carbocycles. The summed E-state index contributed by atoms with van der Waals surface area (Å²) >= 11 is 0. The summed E-state index contributed by atoms with van der Waals surface area (Å²) in [5.74, 6) is -0.0277. The first-order chi connectivity index (χ1) is 9.27.